The maximum Gasteiger partial charge on any atom is 0.323 e. The molecule has 220 valence electrons. The normalized spacial score (nSPS) is 17.0. The van der Waals surface area contributed by atoms with E-state index < -0.39 is 6.03 Å². The van der Waals surface area contributed by atoms with Crippen molar-refractivity contribution in [2.75, 3.05) is 35.2 Å². The van der Waals surface area contributed by atoms with Crippen LogP contribution < -0.4 is 31.1 Å². The van der Waals surface area contributed by atoms with Gasteiger partial charge in [-0.3, -0.25) is 9.59 Å². The summed E-state index contributed by atoms with van der Waals surface area (Å²) in [7, 11) is 0. The van der Waals surface area contributed by atoms with Gasteiger partial charge in [-0.1, -0.05) is 36.4 Å². The van der Waals surface area contributed by atoms with Crippen LogP contribution in [0.1, 0.15) is 40.9 Å². The second-order valence-electron chi connectivity index (χ2n) is 11.0. The van der Waals surface area contributed by atoms with Crippen LogP contribution in [0.15, 0.2) is 95.8 Å². The van der Waals surface area contributed by atoms with Gasteiger partial charge in [0.15, 0.2) is 0 Å². The van der Waals surface area contributed by atoms with Gasteiger partial charge in [0.05, 0.1) is 18.0 Å². The molecule has 6 rings (SSSR count). The van der Waals surface area contributed by atoms with Crippen molar-refractivity contribution < 1.29 is 14.3 Å². The maximum atomic E-state index is 13.2. The van der Waals surface area contributed by atoms with E-state index in [2.05, 4.69) is 20.9 Å². The van der Waals surface area contributed by atoms with Gasteiger partial charge in [-0.15, -0.1) is 0 Å². The summed E-state index contributed by atoms with van der Waals surface area (Å²) >= 11 is 0. The van der Waals surface area contributed by atoms with Gasteiger partial charge in [-0.2, -0.15) is 0 Å². The van der Waals surface area contributed by atoms with Crippen LogP contribution in [0, 0.1) is 5.92 Å². The number of nitrogens with one attached hydrogen (secondary N) is 3. The molecule has 1 saturated heterocycles. The second-order valence-corrected chi connectivity index (χ2v) is 11.0. The molecule has 1 aromatic heterocycles. The van der Waals surface area contributed by atoms with Crippen molar-refractivity contribution in [2.45, 2.75) is 32.4 Å². The molecule has 3 N–H and O–H groups in total. The van der Waals surface area contributed by atoms with Gasteiger partial charge in [0, 0.05) is 55.1 Å². The number of carbonyl (C=O) groups is 2. The highest BCUT2D eigenvalue weighted by Gasteiger charge is 2.35. The molecule has 43 heavy (non-hydrogen) atoms. The molecular formula is C34H35N5O4. The van der Waals surface area contributed by atoms with E-state index in [4.69, 9.17) is 4.74 Å². The number of ether oxygens (including phenoxy) is 1. The topological polar surface area (TPSA) is 105 Å². The van der Waals surface area contributed by atoms with Crippen molar-refractivity contribution in [2.24, 2.45) is 5.92 Å². The zero-order chi connectivity index (χ0) is 29.8. The van der Waals surface area contributed by atoms with Crippen LogP contribution in [-0.2, 0) is 13.1 Å². The molecule has 0 saturated carbocycles. The average Bonchev–Trinajstić information content (AvgIpc) is 3.02. The van der Waals surface area contributed by atoms with Gasteiger partial charge in [0.2, 0.25) is 0 Å². The Hall–Kier alpha value is -5.05. The molecule has 9 nitrogen and oxygen atoms in total. The molecule has 2 bridgehead atoms. The molecule has 4 aromatic rings. The van der Waals surface area contributed by atoms with E-state index in [-0.39, 0.29) is 17.4 Å². The smallest absolute Gasteiger partial charge is 0.323 e. The average molecular weight is 578 g/mol. The number of hydrogen-bond acceptors (Lipinski definition) is 5. The fourth-order valence-electron chi connectivity index (χ4n) is 6.11. The van der Waals surface area contributed by atoms with Gasteiger partial charge in [0.1, 0.15) is 5.75 Å². The van der Waals surface area contributed by atoms with Crippen molar-refractivity contribution in [3.8, 4) is 5.75 Å². The molecule has 1 fully saturated rings. The molecule has 3 heterocycles. The number of benzene rings is 3. The van der Waals surface area contributed by atoms with Crippen molar-refractivity contribution >= 4 is 29.0 Å². The first-order valence-corrected chi connectivity index (χ1v) is 14.7. The van der Waals surface area contributed by atoms with E-state index in [0.717, 1.165) is 35.7 Å². The molecule has 2 atom stereocenters. The number of rotatable bonds is 8. The molecule has 0 aliphatic carbocycles. The highest BCUT2D eigenvalue weighted by molar-refractivity contribution is 6.04. The van der Waals surface area contributed by atoms with E-state index in [1.807, 2.05) is 60.0 Å². The van der Waals surface area contributed by atoms with Crippen molar-refractivity contribution in [1.29, 1.82) is 0 Å². The molecule has 3 aromatic carbocycles. The number of carbonyl (C=O) groups excluding carboxylic acids is 2. The summed E-state index contributed by atoms with van der Waals surface area (Å²) in [6, 6.07) is 27.4. The number of pyridine rings is 1. The van der Waals surface area contributed by atoms with Crippen LogP contribution in [-0.4, -0.2) is 36.2 Å². The second kappa shape index (κ2) is 12.4. The molecule has 3 amide bonds. The van der Waals surface area contributed by atoms with Crippen LogP contribution in [0.5, 0.6) is 5.75 Å². The summed E-state index contributed by atoms with van der Waals surface area (Å²) in [4.78, 5) is 41.1. The molecule has 0 radical (unpaired) electrons. The lowest BCUT2D eigenvalue weighted by Crippen LogP contribution is -2.47. The van der Waals surface area contributed by atoms with Crippen molar-refractivity contribution in [3.05, 3.63) is 118 Å². The predicted octanol–water partition coefficient (Wildman–Crippen LogP) is 5.44. The summed E-state index contributed by atoms with van der Waals surface area (Å²) < 4.78 is 7.40. The zero-order valence-electron chi connectivity index (χ0n) is 24.1. The standard InChI is InChI=1S/C34H35N5O4/c1-2-43-28-14-12-27(13-15-28)36-34(42)37-29-18-25(33(41)35-19-23-7-4-3-5-8-23)11-16-31(29)38-20-24-17-26(22-38)30-9-6-10-32(40)39(30)21-24/h3-16,18,24,26H,2,17,19-22H2,1H3,(H,35,41)(H2,36,37,42). The van der Waals surface area contributed by atoms with E-state index in [1.165, 1.54) is 0 Å². The highest BCUT2D eigenvalue weighted by Crippen LogP contribution is 2.39. The SMILES string of the molecule is CCOc1ccc(NC(=O)Nc2cc(C(=O)NCc3ccccc3)ccc2N2CC3CC(C2)c2cccc(=O)n2C3)cc1. The van der Waals surface area contributed by atoms with Gasteiger partial charge in [0.25, 0.3) is 11.5 Å². The first-order valence-electron chi connectivity index (χ1n) is 14.7. The van der Waals surface area contributed by atoms with Gasteiger partial charge in [-0.05, 0) is 73.4 Å². The third kappa shape index (κ3) is 6.40. The van der Waals surface area contributed by atoms with Gasteiger partial charge in [-0.25, -0.2) is 4.79 Å². The van der Waals surface area contributed by atoms with Crippen LogP contribution in [0.4, 0.5) is 21.9 Å². The Balaban J connectivity index is 1.25. The molecule has 0 spiro atoms. The summed E-state index contributed by atoms with van der Waals surface area (Å²) in [5.41, 5.74) is 4.54. The van der Waals surface area contributed by atoms with E-state index >= 15 is 0 Å². The molecule has 2 aliphatic rings. The molecule has 2 unspecified atom stereocenters. The summed E-state index contributed by atoms with van der Waals surface area (Å²) in [5.74, 6) is 0.991. The molecule has 9 heteroatoms. The van der Waals surface area contributed by atoms with E-state index in [1.54, 1.807) is 42.5 Å². The lowest BCUT2D eigenvalue weighted by molar-refractivity contribution is 0.0951. The Bertz CT molecular complexity index is 1670. The fraction of sp³-hybridized carbons (Fsp3) is 0.265. The number of anilines is 3. The third-order valence-electron chi connectivity index (χ3n) is 8.05. The molecular weight excluding hydrogens is 542 g/mol. The number of hydrogen-bond donors (Lipinski definition) is 3. The minimum Gasteiger partial charge on any atom is -0.494 e. The Morgan fingerprint density at radius 3 is 2.49 bits per heavy atom. The Kier molecular flexibility index (Phi) is 8.13. The molecule has 2 aliphatic heterocycles. The number of amides is 3. The Morgan fingerprint density at radius 1 is 0.884 bits per heavy atom. The number of aromatic nitrogens is 1. The van der Waals surface area contributed by atoms with Crippen molar-refractivity contribution in [3.63, 3.8) is 0 Å². The first kappa shape index (κ1) is 28.1. The minimum atomic E-state index is -0.415. The summed E-state index contributed by atoms with van der Waals surface area (Å²) in [5, 5.41) is 8.86. The summed E-state index contributed by atoms with van der Waals surface area (Å²) in [6.07, 6.45) is 1.01. The van der Waals surface area contributed by atoms with Gasteiger partial charge < -0.3 is 30.2 Å². The van der Waals surface area contributed by atoms with E-state index in [9.17, 15) is 14.4 Å². The zero-order valence-corrected chi connectivity index (χ0v) is 24.1. The lowest BCUT2D eigenvalue weighted by atomic mass is 9.83. The maximum absolute atomic E-state index is 13.2. The number of fused-ring (bicyclic) bond motifs is 4. The van der Waals surface area contributed by atoms with Crippen LogP contribution >= 0.6 is 0 Å². The summed E-state index contributed by atoms with van der Waals surface area (Å²) in [6.45, 7) is 4.99. The monoisotopic (exact) mass is 577 g/mol. The minimum absolute atomic E-state index is 0.0415. The third-order valence-corrected chi connectivity index (χ3v) is 8.05. The van der Waals surface area contributed by atoms with E-state index in [0.29, 0.717) is 49.1 Å². The highest BCUT2D eigenvalue weighted by atomic mass is 16.5. The first-order chi connectivity index (χ1) is 21.0. The van der Waals surface area contributed by atoms with Crippen LogP contribution in [0.3, 0.4) is 0 Å². The quantitative estimate of drug-likeness (QED) is 0.259. The Labute approximate surface area is 250 Å². The fourth-order valence-corrected chi connectivity index (χ4v) is 6.11. The Morgan fingerprint density at radius 2 is 1.70 bits per heavy atom. The lowest BCUT2D eigenvalue weighted by Gasteiger charge is -2.44. The number of nitrogens with zero attached hydrogens (tertiary/aromatic N) is 2. The predicted molar refractivity (Wildman–Crippen MR) is 168 cm³/mol. The largest absolute Gasteiger partial charge is 0.494 e. The van der Waals surface area contributed by atoms with Crippen LogP contribution in [0.25, 0.3) is 0 Å². The van der Waals surface area contributed by atoms with Crippen molar-refractivity contribution in [1.82, 2.24) is 9.88 Å². The number of piperidine rings is 1. The van der Waals surface area contributed by atoms with Crippen LogP contribution in [0.2, 0.25) is 0 Å². The number of urea groups is 1. The van der Waals surface area contributed by atoms with Gasteiger partial charge >= 0.3 is 6.03 Å².